The lowest BCUT2D eigenvalue weighted by atomic mass is 10.1. The molecular weight excluding hydrogens is 377 g/mol. The van der Waals surface area contributed by atoms with Crippen LogP contribution in [-0.4, -0.2) is 44.2 Å². The van der Waals surface area contributed by atoms with Crippen molar-refractivity contribution >= 4 is 5.97 Å². The van der Waals surface area contributed by atoms with Gasteiger partial charge in [-0.15, -0.1) is 0 Å². The van der Waals surface area contributed by atoms with Crippen LogP contribution in [0.4, 0.5) is 0 Å². The third kappa shape index (κ3) is 5.58. The maximum absolute atomic E-state index is 12.1. The summed E-state index contributed by atoms with van der Waals surface area (Å²) in [5, 5.41) is 0. The van der Waals surface area contributed by atoms with E-state index in [0.29, 0.717) is 17.4 Å². The van der Waals surface area contributed by atoms with Gasteiger partial charge in [-0.25, -0.2) is 4.79 Å². The van der Waals surface area contributed by atoms with Crippen LogP contribution in [0.2, 0.25) is 0 Å². The van der Waals surface area contributed by atoms with Crippen LogP contribution in [0.1, 0.15) is 30.1 Å². The molecule has 21 heavy (non-hydrogen) atoms. The Morgan fingerprint density at radius 1 is 1.19 bits per heavy atom. The van der Waals surface area contributed by atoms with Gasteiger partial charge >= 0.3 is 5.97 Å². The second kappa shape index (κ2) is 7.58. The molecule has 0 heterocycles. The molecule has 3 atom stereocenters. The first-order chi connectivity index (χ1) is 9.35. The second-order valence-corrected chi connectivity index (χ2v) is 7.10. The fraction of sp³-hybridized carbons (Fsp3) is 0.588. The maximum Gasteiger partial charge on any atom is 0.338 e. The molecule has 2 rings (SSSR count). The van der Waals surface area contributed by atoms with Gasteiger partial charge in [-0.1, -0.05) is 25.1 Å². The van der Waals surface area contributed by atoms with Crippen LogP contribution in [0.25, 0.3) is 0 Å². The SMILES string of the molecule is C[C@@H]1C[C@H](C[N+](C)(C)C)C[C@H]1OC(=O)c1ccccc1.[I-]. The molecule has 0 bridgehead atoms. The Kier molecular flexibility index (Phi) is 6.66. The summed E-state index contributed by atoms with van der Waals surface area (Å²) < 4.78 is 6.68. The number of hydrogen-bond donors (Lipinski definition) is 0. The molecule has 1 saturated carbocycles. The molecule has 0 aliphatic heterocycles. The zero-order valence-corrected chi connectivity index (χ0v) is 15.5. The molecule has 1 fully saturated rings. The minimum atomic E-state index is -0.187. The molecule has 0 amide bonds. The van der Waals surface area contributed by atoms with Gasteiger partial charge in [-0.3, -0.25) is 0 Å². The number of ether oxygens (including phenoxy) is 1. The summed E-state index contributed by atoms with van der Waals surface area (Å²) in [4.78, 5) is 12.1. The highest BCUT2D eigenvalue weighted by Crippen LogP contribution is 2.34. The first kappa shape index (κ1) is 18.4. The van der Waals surface area contributed by atoms with Gasteiger partial charge < -0.3 is 33.2 Å². The van der Waals surface area contributed by atoms with Gasteiger partial charge in [0.05, 0.1) is 33.3 Å². The van der Waals surface area contributed by atoms with Gasteiger partial charge in [-0.2, -0.15) is 0 Å². The van der Waals surface area contributed by atoms with Gasteiger partial charge in [-0.05, 0) is 30.9 Å². The Morgan fingerprint density at radius 3 is 2.38 bits per heavy atom. The van der Waals surface area contributed by atoms with E-state index < -0.39 is 0 Å². The van der Waals surface area contributed by atoms with E-state index in [1.807, 2.05) is 30.3 Å². The largest absolute Gasteiger partial charge is 1.00 e. The standard InChI is InChI=1S/C17H26NO2.HI/c1-13-10-14(12-18(2,3)4)11-16(13)20-17(19)15-8-6-5-7-9-15;/h5-9,13-14,16H,10-12H2,1-4H3;1H/q+1;/p-1/t13-,14+,16-;/m1./s1. The van der Waals surface area contributed by atoms with E-state index in [9.17, 15) is 4.79 Å². The van der Waals surface area contributed by atoms with E-state index in [2.05, 4.69) is 28.1 Å². The number of benzene rings is 1. The molecule has 0 N–H and O–H groups in total. The minimum absolute atomic E-state index is 0. The maximum atomic E-state index is 12.1. The predicted octanol–water partition coefficient (Wildman–Crippen LogP) is -0.0317. The number of nitrogens with zero attached hydrogens (tertiary/aromatic N) is 1. The van der Waals surface area contributed by atoms with Crippen LogP contribution in [0, 0.1) is 11.8 Å². The summed E-state index contributed by atoms with van der Waals surface area (Å²) in [5.41, 5.74) is 0.648. The lowest BCUT2D eigenvalue weighted by molar-refractivity contribution is -0.873. The quantitative estimate of drug-likeness (QED) is 0.401. The third-order valence-corrected chi connectivity index (χ3v) is 3.98. The smallest absolute Gasteiger partial charge is 0.338 e. The zero-order chi connectivity index (χ0) is 14.8. The van der Waals surface area contributed by atoms with Crippen LogP contribution in [0.3, 0.4) is 0 Å². The predicted molar refractivity (Wildman–Crippen MR) is 80.4 cm³/mol. The normalized spacial score (nSPS) is 25.2. The van der Waals surface area contributed by atoms with Crippen molar-refractivity contribution in [1.29, 1.82) is 0 Å². The van der Waals surface area contributed by atoms with E-state index in [-0.39, 0.29) is 36.0 Å². The Labute approximate surface area is 145 Å². The van der Waals surface area contributed by atoms with Crippen molar-refractivity contribution in [1.82, 2.24) is 0 Å². The highest BCUT2D eigenvalue weighted by atomic mass is 127. The van der Waals surface area contributed by atoms with Gasteiger partial charge in [0.1, 0.15) is 6.10 Å². The molecule has 1 aromatic rings. The molecule has 0 saturated heterocycles. The highest BCUT2D eigenvalue weighted by Gasteiger charge is 2.36. The summed E-state index contributed by atoms with van der Waals surface area (Å²) in [6.45, 7) is 3.34. The van der Waals surface area contributed by atoms with Crippen molar-refractivity contribution in [3.8, 4) is 0 Å². The number of halogens is 1. The fourth-order valence-electron chi connectivity index (χ4n) is 3.20. The van der Waals surface area contributed by atoms with Crippen LogP contribution < -0.4 is 24.0 Å². The van der Waals surface area contributed by atoms with Crippen molar-refractivity contribution in [2.24, 2.45) is 11.8 Å². The lowest BCUT2D eigenvalue weighted by Crippen LogP contribution is -3.00. The average Bonchev–Trinajstić information content (AvgIpc) is 2.68. The molecule has 0 aromatic heterocycles. The number of hydrogen-bond acceptors (Lipinski definition) is 2. The molecule has 0 radical (unpaired) electrons. The summed E-state index contributed by atoms with van der Waals surface area (Å²) in [6.07, 6.45) is 2.22. The Hall–Kier alpha value is -0.620. The number of carbonyl (C=O) groups excluding carboxylic acids is 1. The van der Waals surface area contributed by atoms with Gasteiger partial charge in [0.25, 0.3) is 0 Å². The second-order valence-electron chi connectivity index (χ2n) is 7.10. The first-order valence-corrected chi connectivity index (χ1v) is 7.41. The van der Waals surface area contributed by atoms with Gasteiger partial charge in [0.15, 0.2) is 0 Å². The van der Waals surface area contributed by atoms with Crippen molar-refractivity contribution in [2.45, 2.75) is 25.9 Å². The molecule has 1 aromatic carbocycles. The van der Waals surface area contributed by atoms with Crippen molar-refractivity contribution in [3.05, 3.63) is 35.9 Å². The summed E-state index contributed by atoms with van der Waals surface area (Å²) in [6, 6.07) is 9.27. The number of carbonyl (C=O) groups is 1. The van der Waals surface area contributed by atoms with E-state index >= 15 is 0 Å². The topological polar surface area (TPSA) is 26.3 Å². The number of quaternary nitrogens is 1. The molecule has 1 aliphatic rings. The van der Waals surface area contributed by atoms with Crippen LogP contribution in [0.15, 0.2) is 30.3 Å². The summed E-state index contributed by atoms with van der Waals surface area (Å²) >= 11 is 0. The van der Waals surface area contributed by atoms with E-state index in [1.165, 1.54) is 0 Å². The van der Waals surface area contributed by atoms with Gasteiger partial charge in [0, 0.05) is 5.92 Å². The highest BCUT2D eigenvalue weighted by molar-refractivity contribution is 5.89. The molecule has 0 unspecified atom stereocenters. The Balaban J connectivity index is 0.00000220. The Morgan fingerprint density at radius 2 is 1.81 bits per heavy atom. The molecule has 4 heteroatoms. The number of rotatable bonds is 4. The van der Waals surface area contributed by atoms with Crippen molar-refractivity contribution in [2.75, 3.05) is 27.7 Å². The van der Waals surface area contributed by atoms with Gasteiger partial charge in [0.2, 0.25) is 0 Å². The first-order valence-electron chi connectivity index (χ1n) is 7.41. The van der Waals surface area contributed by atoms with Crippen molar-refractivity contribution < 1.29 is 38.0 Å². The molecule has 1 aliphatic carbocycles. The molecule has 0 spiro atoms. The van der Waals surface area contributed by atoms with Crippen LogP contribution in [-0.2, 0) is 4.74 Å². The monoisotopic (exact) mass is 403 g/mol. The summed E-state index contributed by atoms with van der Waals surface area (Å²) in [5.74, 6) is 0.922. The molecule has 118 valence electrons. The summed E-state index contributed by atoms with van der Waals surface area (Å²) in [7, 11) is 6.65. The van der Waals surface area contributed by atoms with Crippen LogP contribution >= 0.6 is 0 Å². The fourth-order valence-corrected chi connectivity index (χ4v) is 3.20. The zero-order valence-electron chi connectivity index (χ0n) is 13.4. The van der Waals surface area contributed by atoms with E-state index in [4.69, 9.17) is 4.74 Å². The third-order valence-electron chi connectivity index (χ3n) is 3.98. The molecular formula is C17H26INO2. The van der Waals surface area contributed by atoms with Crippen LogP contribution in [0.5, 0.6) is 0 Å². The average molecular weight is 403 g/mol. The molecule has 3 nitrogen and oxygen atoms in total. The minimum Gasteiger partial charge on any atom is -1.00 e. The van der Waals surface area contributed by atoms with E-state index in [1.54, 1.807) is 0 Å². The Bertz CT molecular complexity index is 456. The number of esters is 1. The lowest BCUT2D eigenvalue weighted by Gasteiger charge is -2.27. The van der Waals surface area contributed by atoms with E-state index in [0.717, 1.165) is 23.9 Å². The van der Waals surface area contributed by atoms with Crippen molar-refractivity contribution in [3.63, 3.8) is 0 Å².